The quantitative estimate of drug-likeness (QED) is 0.685. The van der Waals surface area contributed by atoms with Crippen molar-refractivity contribution in [2.75, 3.05) is 18.9 Å². The maximum atomic E-state index is 13.8. The zero-order chi connectivity index (χ0) is 15.0. The highest BCUT2D eigenvalue weighted by atomic mass is 19.1. The predicted molar refractivity (Wildman–Crippen MR) is 78.8 cm³/mol. The van der Waals surface area contributed by atoms with E-state index in [9.17, 15) is 14.5 Å². The first-order valence-corrected chi connectivity index (χ1v) is 7.44. The molecule has 0 aromatic heterocycles. The van der Waals surface area contributed by atoms with Crippen molar-refractivity contribution in [1.29, 1.82) is 0 Å². The van der Waals surface area contributed by atoms with Crippen LogP contribution in [0.4, 0.5) is 15.8 Å². The van der Waals surface area contributed by atoms with E-state index in [0.717, 1.165) is 25.5 Å². The molecule has 1 aromatic rings. The molecule has 114 valence electrons. The van der Waals surface area contributed by atoms with Gasteiger partial charge in [0.05, 0.1) is 16.7 Å². The summed E-state index contributed by atoms with van der Waals surface area (Å²) in [4.78, 5) is 12.5. The Balaban J connectivity index is 1.60. The van der Waals surface area contributed by atoms with E-state index < -0.39 is 10.7 Å². The highest BCUT2D eigenvalue weighted by Crippen LogP contribution is 2.37. The molecule has 21 heavy (non-hydrogen) atoms. The molecule has 2 atom stereocenters. The Morgan fingerprint density at radius 3 is 2.62 bits per heavy atom. The van der Waals surface area contributed by atoms with Gasteiger partial charge in [0.1, 0.15) is 0 Å². The van der Waals surface area contributed by atoms with Crippen molar-refractivity contribution >= 4 is 11.4 Å². The second-order valence-electron chi connectivity index (χ2n) is 6.19. The molecule has 2 heterocycles. The normalized spacial score (nSPS) is 28.6. The minimum atomic E-state index is -0.582. The van der Waals surface area contributed by atoms with E-state index in [2.05, 4.69) is 17.3 Å². The highest BCUT2D eigenvalue weighted by molar-refractivity contribution is 5.50. The minimum absolute atomic E-state index is 0.213. The van der Waals surface area contributed by atoms with Crippen molar-refractivity contribution in [2.24, 2.45) is 5.92 Å². The first kappa shape index (κ1) is 14.3. The van der Waals surface area contributed by atoms with Crippen molar-refractivity contribution in [3.63, 3.8) is 0 Å². The van der Waals surface area contributed by atoms with Crippen LogP contribution in [0.1, 0.15) is 25.7 Å². The Morgan fingerprint density at radius 1 is 1.38 bits per heavy atom. The van der Waals surface area contributed by atoms with Gasteiger partial charge in [-0.15, -0.1) is 0 Å². The third-order valence-corrected chi connectivity index (χ3v) is 4.94. The number of rotatable bonds is 4. The number of benzene rings is 1. The van der Waals surface area contributed by atoms with Gasteiger partial charge in [0, 0.05) is 24.7 Å². The lowest BCUT2D eigenvalue weighted by Gasteiger charge is -2.36. The topological polar surface area (TPSA) is 58.4 Å². The first-order chi connectivity index (χ1) is 10.0. The molecule has 5 nitrogen and oxygen atoms in total. The standard InChI is InChI=1S/C15H20FN3O2/c1-18-11-2-3-12(18)7-10(6-11)9-17-15-5-4-13(19(20)21)8-14(15)16/h4-5,8,10-12,17H,2-3,6-7,9H2,1H3. The number of nitro groups is 1. The number of non-ortho nitro benzene ring substituents is 1. The Kier molecular flexibility index (Phi) is 3.80. The van der Waals surface area contributed by atoms with Crippen molar-refractivity contribution in [2.45, 2.75) is 37.8 Å². The van der Waals surface area contributed by atoms with E-state index in [-0.39, 0.29) is 5.69 Å². The molecule has 6 heteroatoms. The highest BCUT2D eigenvalue weighted by Gasteiger charge is 2.38. The molecule has 2 saturated heterocycles. The molecule has 2 bridgehead atoms. The van der Waals surface area contributed by atoms with Gasteiger partial charge in [0.25, 0.3) is 5.69 Å². The molecular formula is C15H20FN3O2. The number of piperidine rings is 1. The van der Waals surface area contributed by atoms with E-state index in [4.69, 9.17) is 0 Å². The van der Waals surface area contributed by atoms with E-state index >= 15 is 0 Å². The van der Waals surface area contributed by atoms with Crippen LogP contribution in [0.15, 0.2) is 18.2 Å². The van der Waals surface area contributed by atoms with Crippen molar-refractivity contribution in [3.8, 4) is 0 Å². The van der Waals surface area contributed by atoms with Gasteiger partial charge in [-0.05, 0) is 44.7 Å². The van der Waals surface area contributed by atoms with Crippen LogP contribution in [-0.2, 0) is 0 Å². The summed E-state index contributed by atoms with van der Waals surface area (Å²) >= 11 is 0. The molecule has 1 N–H and O–H groups in total. The van der Waals surface area contributed by atoms with Crippen molar-refractivity contribution < 1.29 is 9.31 Å². The Labute approximate surface area is 123 Å². The zero-order valence-corrected chi connectivity index (χ0v) is 12.1. The van der Waals surface area contributed by atoms with Crippen molar-refractivity contribution in [3.05, 3.63) is 34.1 Å². The molecule has 1 aromatic carbocycles. The van der Waals surface area contributed by atoms with Crippen LogP contribution in [-0.4, -0.2) is 35.5 Å². The monoisotopic (exact) mass is 293 g/mol. The molecule has 2 fully saturated rings. The maximum absolute atomic E-state index is 13.8. The lowest BCUT2D eigenvalue weighted by Crippen LogP contribution is -2.41. The molecule has 2 aliphatic heterocycles. The largest absolute Gasteiger partial charge is 0.382 e. The van der Waals surface area contributed by atoms with E-state index in [0.29, 0.717) is 23.7 Å². The summed E-state index contributed by atoms with van der Waals surface area (Å²) < 4.78 is 13.8. The zero-order valence-electron chi connectivity index (χ0n) is 12.1. The van der Waals surface area contributed by atoms with Gasteiger partial charge in [-0.25, -0.2) is 4.39 Å². The minimum Gasteiger partial charge on any atom is -0.382 e. The molecular weight excluding hydrogens is 273 g/mol. The maximum Gasteiger partial charge on any atom is 0.272 e. The smallest absolute Gasteiger partial charge is 0.272 e. The molecule has 2 unspecified atom stereocenters. The lowest BCUT2D eigenvalue weighted by molar-refractivity contribution is -0.385. The number of hydrogen-bond acceptors (Lipinski definition) is 4. The Bertz CT molecular complexity index is 538. The molecule has 0 amide bonds. The lowest BCUT2D eigenvalue weighted by atomic mass is 9.91. The second-order valence-corrected chi connectivity index (χ2v) is 6.19. The Morgan fingerprint density at radius 2 is 2.05 bits per heavy atom. The fraction of sp³-hybridized carbons (Fsp3) is 0.600. The van der Waals surface area contributed by atoms with Crippen LogP contribution < -0.4 is 5.32 Å². The first-order valence-electron chi connectivity index (χ1n) is 7.44. The van der Waals surface area contributed by atoms with Crippen LogP contribution in [0.2, 0.25) is 0 Å². The van der Waals surface area contributed by atoms with E-state index in [1.807, 2.05) is 0 Å². The number of anilines is 1. The molecule has 3 rings (SSSR count). The van der Waals surface area contributed by atoms with Crippen LogP contribution in [0.25, 0.3) is 0 Å². The predicted octanol–water partition coefficient (Wildman–Crippen LogP) is 3.02. The number of hydrogen-bond donors (Lipinski definition) is 1. The summed E-state index contributed by atoms with van der Waals surface area (Å²) in [5.41, 5.74) is 0.141. The number of nitrogens with one attached hydrogen (secondary N) is 1. The van der Waals surface area contributed by atoms with Gasteiger partial charge in [-0.2, -0.15) is 0 Å². The molecule has 2 aliphatic rings. The molecule has 0 aliphatic carbocycles. The summed E-state index contributed by atoms with van der Waals surface area (Å²) in [5.74, 6) is -0.00612. The summed E-state index contributed by atoms with van der Waals surface area (Å²) in [5, 5.41) is 13.7. The van der Waals surface area contributed by atoms with Crippen LogP contribution in [0.3, 0.4) is 0 Å². The number of fused-ring (bicyclic) bond motifs is 2. The molecule has 0 radical (unpaired) electrons. The second kappa shape index (κ2) is 5.60. The molecule has 0 spiro atoms. The van der Waals surface area contributed by atoms with Gasteiger partial charge in [0.15, 0.2) is 5.82 Å². The van der Waals surface area contributed by atoms with Gasteiger partial charge in [-0.1, -0.05) is 0 Å². The van der Waals surface area contributed by atoms with Gasteiger partial charge < -0.3 is 10.2 Å². The number of nitrogens with zero attached hydrogens (tertiary/aromatic N) is 2. The fourth-order valence-electron chi connectivity index (χ4n) is 3.71. The fourth-order valence-corrected chi connectivity index (χ4v) is 3.71. The van der Waals surface area contributed by atoms with E-state index in [1.54, 1.807) is 0 Å². The van der Waals surface area contributed by atoms with Gasteiger partial charge in [-0.3, -0.25) is 10.1 Å². The molecule has 0 saturated carbocycles. The van der Waals surface area contributed by atoms with Gasteiger partial charge >= 0.3 is 0 Å². The van der Waals surface area contributed by atoms with Gasteiger partial charge in [0.2, 0.25) is 0 Å². The van der Waals surface area contributed by atoms with Crippen LogP contribution >= 0.6 is 0 Å². The van der Waals surface area contributed by atoms with Crippen LogP contribution in [0.5, 0.6) is 0 Å². The summed E-state index contributed by atoms with van der Waals surface area (Å²) in [6.07, 6.45) is 4.83. The third kappa shape index (κ3) is 2.85. The average Bonchev–Trinajstić information content (AvgIpc) is 2.68. The summed E-state index contributed by atoms with van der Waals surface area (Å²) in [6.45, 7) is 0.732. The Hall–Kier alpha value is -1.69. The summed E-state index contributed by atoms with van der Waals surface area (Å²) in [7, 11) is 2.20. The number of halogens is 1. The third-order valence-electron chi connectivity index (χ3n) is 4.94. The van der Waals surface area contributed by atoms with E-state index in [1.165, 1.54) is 25.0 Å². The van der Waals surface area contributed by atoms with Crippen molar-refractivity contribution in [1.82, 2.24) is 4.90 Å². The number of nitro benzene ring substituents is 1. The average molecular weight is 293 g/mol. The summed E-state index contributed by atoms with van der Waals surface area (Å²) in [6, 6.07) is 5.09. The SMILES string of the molecule is CN1C2CCC1CC(CNc1ccc([N+](=O)[O-])cc1F)C2. The van der Waals surface area contributed by atoms with Crippen LogP contribution in [0, 0.1) is 21.8 Å².